The Kier molecular flexibility index (Phi) is 4.34. The van der Waals surface area contributed by atoms with Gasteiger partial charge in [0, 0.05) is 12.7 Å². The fourth-order valence-corrected chi connectivity index (χ4v) is 2.21. The molecule has 0 saturated carbocycles. The second kappa shape index (κ2) is 5.98. The molecule has 0 heterocycles. The second-order valence-electron chi connectivity index (χ2n) is 4.00. The SMILES string of the molecule is COCCc1ccccc1-c1c(F)cccc1Cl. The summed E-state index contributed by atoms with van der Waals surface area (Å²) in [4.78, 5) is 0. The highest BCUT2D eigenvalue weighted by atomic mass is 35.5. The van der Waals surface area contributed by atoms with Crippen LogP contribution in [0.2, 0.25) is 5.02 Å². The summed E-state index contributed by atoms with van der Waals surface area (Å²) >= 11 is 6.10. The van der Waals surface area contributed by atoms with Crippen LogP contribution in [0.5, 0.6) is 0 Å². The van der Waals surface area contributed by atoms with E-state index in [4.69, 9.17) is 16.3 Å². The van der Waals surface area contributed by atoms with Crippen LogP contribution in [0.3, 0.4) is 0 Å². The van der Waals surface area contributed by atoms with E-state index in [0.29, 0.717) is 17.2 Å². The van der Waals surface area contributed by atoms with E-state index < -0.39 is 0 Å². The molecule has 0 bridgehead atoms. The minimum Gasteiger partial charge on any atom is -0.384 e. The maximum absolute atomic E-state index is 13.9. The van der Waals surface area contributed by atoms with Gasteiger partial charge in [0.2, 0.25) is 0 Å². The molecule has 0 aliphatic rings. The number of hydrogen-bond donors (Lipinski definition) is 0. The van der Waals surface area contributed by atoms with Crippen LogP contribution in [-0.2, 0) is 11.2 Å². The molecule has 0 spiro atoms. The van der Waals surface area contributed by atoms with E-state index in [2.05, 4.69) is 0 Å². The molecule has 3 heteroatoms. The van der Waals surface area contributed by atoms with Crippen LogP contribution in [0.25, 0.3) is 11.1 Å². The van der Waals surface area contributed by atoms with Gasteiger partial charge in [0.15, 0.2) is 0 Å². The smallest absolute Gasteiger partial charge is 0.132 e. The third kappa shape index (κ3) is 2.71. The molecule has 1 nitrogen and oxygen atoms in total. The van der Waals surface area contributed by atoms with Crippen LogP contribution in [0.4, 0.5) is 4.39 Å². The molecule has 0 radical (unpaired) electrons. The Morgan fingerprint density at radius 2 is 1.89 bits per heavy atom. The molecule has 2 aromatic carbocycles. The number of hydrogen-bond acceptors (Lipinski definition) is 1. The highest BCUT2D eigenvalue weighted by Crippen LogP contribution is 2.32. The van der Waals surface area contributed by atoms with Crippen LogP contribution in [0.15, 0.2) is 42.5 Å². The van der Waals surface area contributed by atoms with Gasteiger partial charge in [-0.25, -0.2) is 4.39 Å². The Morgan fingerprint density at radius 1 is 1.11 bits per heavy atom. The van der Waals surface area contributed by atoms with Crippen LogP contribution in [0, 0.1) is 5.82 Å². The molecule has 2 rings (SSSR count). The number of halogens is 2. The molecule has 0 amide bonds. The lowest BCUT2D eigenvalue weighted by Crippen LogP contribution is -1.98. The van der Waals surface area contributed by atoms with Crippen LogP contribution >= 0.6 is 11.6 Å². The lowest BCUT2D eigenvalue weighted by Gasteiger charge is -2.11. The van der Waals surface area contributed by atoms with Gasteiger partial charge in [0.1, 0.15) is 5.82 Å². The first-order valence-electron chi connectivity index (χ1n) is 5.75. The lowest BCUT2D eigenvalue weighted by atomic mass is 9.97. The molecule has 18 heavy (non-hydrogen) atoms. The molecule has 0 N–H and O–H groups in total. The van der Waals surface area contributed by atoms with Crippen molar-refractivity contribution in [3.8, 4) is 11.1 Å². The van der Waals surface area contributed by atoms with Gasteiger partial charge in [-0.2, -0.15) is 0 Å². The van der Waals surface area contributed by atoms with Gasteiger partial charge in [0.25, 0.3) is 0 Å². The van der Waals surface area contributed by atoms with Crippen molar-refractivity contribution in [2.45, 2.75) is 6.42 Å². The van der Waals surface area contributed by atoms with Gasteiger partial charge >= 0.3 is 0 Å². The van der Waals surface area contributed by atoms with E-state index in [1.54, 1.807) is 19.2 Å². The zero-order valence-electron chi connectivity index (χ0n) is 10.1. The topological polar surface area (TPSA) is 9.23 Å². The molecular weight excluding hydrogens is 251 g/mol. The van der Waals surface area contributed by atoms with Gasteiger partial charge in [-0.1, -0.05) is 41.9 Å². The van der Waals surface area contributed by atoms with Crippen molar-refractivity contribution in [3.05, 3.63) is 58.9 Å². The Bertz CT molecular complexity index is 520. The lowest BCUT2D eigenvalue weighted by molar-refractivity contribution is 0.202. The van der Waals surface area contributed by atoms with Gasteiger partial charge in [-0.05, 0) is 29.7 Å². The molecule has 0 saturated heterocycles. The Hall–Kier alpha value is -1.38. The summed E-state index contributed by atoms with van der Waals surface area (Å²) in [6, 6.07) is 12.4. The fraction of sp³-hybridized carbons (Fsp3) is 0.200. The molecule has 0 fully saturated rings. The van der Waals surface area contributed by atoms with Crippen molar-refractivity contribution in [1.82, 2.24) is 0 Å². The maximum atomic E-state index is 13.9. The first kappa shape index (κ1) is 13.1. The minimum atomic E-state index is -0.299. The van der Waals surface area contributed by atoms with Crippen molar-refractivity contribution >= 4 is 11.6 Å². The highest BCUT2D eigenvalue weighted by molar-refractivity contribution is 6.33. The molecule has 94 valence electrons. The van der Waals surface area contributed by atoms with Crippen molar-refractivity contribution in [2.24, 2.45) is 0 Å². The number of methoxy groups -OCH3 is 1. The summed E-state index contributed by atoms with van der Waals surface area (Å²) in [5, 5.41) is 0.430. The molecule has 2 aromatic rings. The Labute approximate surface area is 111 Å². The molecule has 0 unspecified atom stereocenters. The largest absolute Gasteiger partial charge is 0.384 e. The van der Waals surface area contributed by atoms with Crippen molar-refractivity contribution in [3.63, 3.8) is 0 Å². The number of benzene rings is 2. The summed E-state index contributed by atoms with van der Waals surface area (Å²) in [5.74, 6) is -0.299. The van der Waals surface area contributed by atoms with E-state index in [0.717, 1.165) is 17.5 Å². The molecule has 0 aromatic heterocycles. The maximum Gasteiger partial charge on any atom is 0.132 e. The molecule has 0 atom stereocenters. The third-order valence-electron chi connectivity index (χ3n) is 2.82. The molecule has 0 aliphatic carbocycles. The highest BCUT2D eigenvalue weighted by Gasteiger charge is 2.12. The second-order valence-corrected chi connectivity index (χ2v) is 4.40. The number of rotatable bonds is 4. The quantitative estimate of drug-likeness (QED) is 0.798. The van der Waals surface area contributed by atoms with Crippen LogP contribution < -0.4 is 0 Å². The van der Waals surface area contributed by atoms with Gasteiger partial charge in [-0.15, -0.1) is 0 Å². The predicted molar refractivity (Wildman–Crippen MR) is 72.4 cm³/mol. The molecular formula is C15H14ClFO. The third-order valence-corrected chi connectivity index (χ3v) is 3.14. The summed E-state index contributed by atoms with van der Waals surface area (Å²) in [7, 11) is 1.65. The normalized spacial score (nSPS) is 10.6. The first-order chi connectivity index (χ1) is 8.74. The summed E-state index contributed by atoms with van der Waals surface area (Å²) in [6.07, 6.45) is 0.733. The van der Waals surface area contributed by atoms with Crippen LogP contribution in [-0.4, -0.2) is 13.7 Å². The summed E-state index contributed by atoms with van der Waals surface area (Å²) in [5.41, 5.74) is 2.33. The zero-order chi connectivity index (χ0) is 13.0. The average molecular weight is 265 g/mol. The van der Waals surface area contributed by atoms with Gasteiger partial charge in [0.05, 0.1) is 11.6 Å². The Balaban J connectivity index is 2.50. The van der Waals surface area contributed by atoms with Gasteiger partial charge in [-0.3, -0.25) is 0 Å². The predicted octanol–water partition coefficient (Wildman–Crippen LogP) is 4.34. The minimum absolute atomic E-state index is 0.299. The van der Waals surface area contributed by atoms with E-state index in [-0.39, 0.29) is 5.82 Å². The van der Waals surface area contributed by atoms with E-state index in [1.165, 1.54) is 6.07 Å². The zero-order valence-corrected chi connectivity index (χ0v) is 10.9. The van der Waals surface area contributed by atoms with Crippen molar-refractivity contribution < 1.29 is 9.13 Å². The monoisotopic (exact) mass is 264 g/mol. The van der Waals surface area contributed by atoms with E-state index >= 15 is 0 Å². The first-order valence-corrected chi connectivity index (χ1v) is 6.13. The van der Waals surface area contributed by atoms with Crippen LogP contribution in [0.1, 0.15) is 5.56 Å². The van der Waals surface area contributed by atoms with Gasteiger partial charge < -0.3 is 4.74 Å². The van der Waals surface area contributed by atoms with Crippen molar-refractivity contribution in [2.75, 3.05) is 13.7 Å². The molecule has 0 aliphatic heterocycles. The van der Waals surface area contributed by atoms with Crippen molar-refractivity contribution in [1.29, 1.82) is 0 Å². The summed E-state index contributed by atoms with van der Waals surface area (Å²) in [6.45, 7) is 0.600. The Morgan fingerprint density at radius 3 is 2.61 bits per heavy atom. The average Bonchev–Trinajstić information content (AvgIpc) is 2.37. The number of ether oxygens (including phenoxy) is 1. The van der Waals surface area contributed by atoms with E-state index in [9.17, 15) is 4.39 Å². The van der Waals surface area contributed by atoms with E-state index in [1.807, 2.05) is 24.3 Å². The fourth-order valence-electron chi connectivity index (χ4n) is 1.95. The summed E-state index contributed by atoms with van der Waals surface area (Å²) < 4.78 is 19.0. The standard InChI is InChI=1S/C15H14ClFO/c1-18-10-9-11-5-2-3-6-12(11)15-13(16)7-4-8-14(15)17/h2-8H,9-10H2,1H3.